The largest absolute Gasteiger partial charge is 0.493 e. The molecule has 7 heteroatoms. The number of aryl methyl sites for hydroxylation is 1. The van der Waals surface area contributed by atoms with Crippen LogP contribution in [0.25, 0.3) is 0 Å². The second-order valence-corrected chi connectivity index (χ2v) is 6.57. The SMILES string of the molecule is CNC(=O)NC(=O)[C@H](c1ccccc1)[NH+](C)Cc1cc(OC)c(OC)cc1C. The Hall–Kier alpha value is -3.06. The molecule has 1 unspecified atom stereocenters. The van der Waals surface area contributed by atoms with Crippen LogP contribution < -0.4 is 25.0 Å². The summed E-state index contributed by atoms with van der Waals surface area (Å²) in [6.07, 6.45) is 0. The molecule has 0 aliphatic rings. The van der Waals surface area contributed by atoms with Gasteiger partial charge in [-0.3, -0.25) is 10.1 Å². The highest BCUT2D eigenvalue weighted by atomic mass is 16.5. The van der Waals surface area contributed by atoms with Gasteiger partial charge in [0.15, 0.2) is 17.5 Å². The van der Waals surface area contributed by atoms with Crippen molar-refractivity contribution in [1.29, 1.82) is 0 Å². The highest BCUT2D eigenvalue weighted by molar-refractivity contribution is 5.96. The lowest BCUT2D eigenvalue weighted by atomic mass is 10.0. The van der Waals surface area contributed by atoms with Crippen molar-refractivity contribution in [2.45, 2.75) is 19.5 Å². The van der Waals surface area contributed by atoms with Crippen LogP contribution in [0, 0.1) is 6.92 Å². The average Bonchev–Trinajstić information content (AvgIpc) is 2.69. The van der Waals surface area contributed by atoms with Crippen molar-refractivity contribution in [2.24, 2.45) is 0 Å². The Morgan fingerprint density at radius 2 is 1.68 bits per heavy atom. The lowest BCUT2D eigenvalue weighted by Crippen LogP contribution is -3.09. The summed E-state index contributed by atoms with van der Waals surface area (Å²) in [4.78, 5) is 25.4. The maximum Gasteiger partial charge on any atom is 0.321 e. The van der Waals surface area contributed by atoms with Crippen LogP contribution in [0.3, 0.4) is 0 Å². The third kappa shape index (κ3) is 5.01. The minimum atomic E-state index is -0.550. The standard InChI is InChI=1S/C21H27N3O4/c1-14-11-17(27-4)18(28-5)12-16(14)13-24(3)19(15-9-7-6-8-10-15)20(25)23-21(26)22-2/h6-12,19H,13H2,1-5H3,(H2,22,23,25,26)/p+1/t19-/m0/s1. The molecule has 7 nitrogen and oxygen atoms in total. The van der Waals surface area contributed by atoms with Gasteiger partial charge in [-0.2, -0.15) is 0 Å². The highest BCUT2D eigenvalue weighted by Gasteiger charge is 2.30. The summed E-state index contributed by atoms with van der Waals surface area (Å²) in [6.45, 7) is 2.56. The number of benzene rings is 2. The zero-order chi connectivity index (χ0) is 20.7. The maximum atomic E-state index is 12.8. The van der Waals surface area contributed by atoms with E-state index in [9.17, 15) is 9.59 Å². The normalized spacial score (nSPS) is 12.6. The van der Waals surface area contributed by atoms with Gasteiger partial charge < -0.3 is 19.7 Å². The Kier molecular flexibility index (Phi) is 7.40. The van der Waals surface area contributed by atoms with E-state index < -0.39 is 12.1 Å². The summed E-state index contributed by atoms with van der Waals surface area (Å²) in [5.41, 5.74) is 2.90. The molecule has 0 heterocycles. The van der Waals surface area contributed by atoms with Crippen LogP contribution in [0.15, 0.2) is 42.5 Å². The molecular formula is C21H28N3O4+. The topological polar surface area (TPSA) is 81.1 Å². The third-order valence-corrected chi connectivity index (χ3v) is 4.66. The van der Waals surface area contributed by atoms with E-state index in [1.807, 2.05) is 56.4 Å². The number of quaternary nitrogens is 1. The van der Waals surface area contributed by atoms with Crippen LogP contribution in [-0.2, 0) is 11.3 Å². The number of ether oxygens (including phenoxy) is 2. The molecule has 0 aromatic heterocycles. The molecule has 3 amide bonds. The summed E-state index contributed by atoms with van der Waals surface area (Å²) >= 11 is 0. The molecule has 2 aromatic carbocycles. The monoisotopic (exact) mass is 386 g/mol. The number of imide groups is 1. The number of urea groups is 1. The van der Waals surface area contributed by atoms with E-state index in [1.165, 1.54) is 7.05 Å². The first kappa shape index (κ1) is 21.2. The summed E-state index contributed by atoms with van der Waals surface area (Å²) in [5.74, 6) is 0.946. The van der Waals surface area contributed by atoms with Crippen molar-refractivity contribution < 1.29 is 24.0 Å². The molecule has 150 valence electrons. The molecule has 0 radical (unpaired) electrons. The first-order valence-electron chi connectivity index (χ1n) is 9.02. The van der Waals surface area contributed by atoms with Gasteiger partial charge in [0.2, 0.25) is 0 Å². The number of likely N-dealkylation sites (N-methyl/N-ethyl adjacent to an activating group) is 1. The lowest BCUT2D eigenvalue weighted by molar-refractivity contribution is -0.916. The van der Waals surface area contributed by atoms with E-state index in [0.717, 1.165) is 21.6 Å². The smallest absolute Gasteiger partial charge is 0.321 e. The van der Waals surface area contributed by atoms with Crippen molar-refractivity contribution >= 4 is 11.9 Å². The molecule has 28 heavy (non-hydrogen) atoms. The Labute approximate surface area is 165 Å². The van der Waals surface area contributed by atoms with Gasteiger partial charge in [-0.15, -0.1) is 0 Å². The molecule has 2 rings (SSSR count). The van der Waals surface area contributed by atoms with E-state index in [4.69, 9.17) is 9.47 Å². The predicted octanol–water partition coefficient (Wildman–Crippen LogP) is 1.22. The number of carbonyl (C=O) groups is 2. The van der Waals surface area contributed by atoms with Gasteiger partial charge in [0.1, 0.15) is 6.54 Å². The number of amides is 3. The lowest BCUT2D eigenvalue weighted by Gasteiger charge is -2.25. The molecule has 2 aromatic rings. The van der Waals surface area contributed by atoms with E-state index in [1.54, 1.807) is 14.2 Å². The van der Waals surface area contributed by atoms with Crippen LogP contribution in [0.2, 0.25) is 0 Å². The fourth-order valence-corrected chi connectivity index (χ4v) is 3.17. The number of methoxy groups -OCH3 is 2. The molecule has 0 bridgehead atoms. The fraction of sp³-hybridized carbons (Fsp3) is 0.333. The number of hydrogen-bond acceptors (Lipinski definition) is 4. The number of carbonyl (C=O) groups excluding carboxylic acids is 2. The van der Waals surface area contributed by atoms with Gasteiger partial charge in [0.05, 0.1) is 21.3 Å². The van der Waals surface area contributed by atoms with Crippen molar-refractivity contribution in [2.75, 3.05) is 28.3 Å². The van der Waals surface area contributed by atoms with Crippen LogP contribution >= 0.6 is 0 Å². The van der Waals surface area contributed by atoms with Crippen LogP contribution in [-0.4, -0.2) is 40.3 Å². The zero-order valence-electron chi connectivity index (χ0n) is 17.0. The number of hydrogen-bond donors (Lipinski definition) is 3. The molecular weight excluding hydrogens is 358 g/mol. The minimum absolute atomic E-state index is 0.360. The van der Waals surface area contributed by atoms with Crippen molar-refractivity contribution in [3.63, 3.8) is 0 Å². The molecule has 2 atom stereocenters. The predicted molar refractivity (Wildman–Crippen MR) is 107 cm³/mol. The van der Waals surface area contributed by atoms with E-state index in [-0.39, 0.29) is 5.91 Å². The van der Waals surface area contributed by atoms with Crippen molar-refractivity contribution in [3.8, 4) is 11.5 Å². The Morgan fingerprint density at radius 3 is 2.25 bits per heavy atom. The second kappa shape index (κ2) is 9.75. The van der Waals surface area contributed by atoms with Gasteiger partial charge in [-0.25, -0.2) is 4.79 Å². The van der Waals surface area contributed by atoms with Crippen molar-refractivity contribution in [3.05, 3.63) is 59.2 Å². The van der Waals surface area contributed by atoms with Gasteiger partial charge in [-0.05, 0) is 24.6 Å². The Bertz CT molecular complexity index is 824. The summed E-state index contributed by atoms with van der Waals surface area (Å²) in [7, 11) is 6.60. The van der Waals surface area contributed by atoms with Gasteiger partial charge in [0.25, 0.3) is 5.91 Å². The molecule has 0 saturated heterocycles. The highest BCUT2D eigenvalue weighted by Crippen LogP contribution is 2.30. The molecule has 3 N–H and O–H groups in total. The maximum absolute atomic E-state index is 12.8. The Morgan fingerprint density at radius 1 is 1.07 bits per heavy atom. The van der Waals surface area contributed by atoms with E-state index in [2.05, 4.69) is 10.6 Å². The van der Waals surface area contributed by atoms with E-state index in [0.29, 0.717) is 18.0 Å². The quantitative estimate of drug-likeness (QED) is 0.669. The molecule has 0 saturated carbocycles. The van der Waals surface area contributed by atoms with E-state index >= 15 is 0 Å². The second-order valence-electron chi connectivity index (χ2n) is 6.57. The summed E-state index contributed by atoms with van der Waals surface area (Å²) < 4.78 is 10.8. The molecule has 0 aliphatic carbocycles. The van der Waals surface area contributed by atoms with Crippen molar-refractivity contribution in [1.82, 2.24) is 10.6 Å². The number of rotatable bonds is 7. The fourth-order valence-electron chi connectivity index (χ4n) is 3.17. The summed E-state index contributed by atoms with van der Waals surface area (Å²) in [6, 6.07) is 12.2. The molecule has 0 fully saturated rings. The molecule has 0 spiro atoms. The third-order valence-electron chi connectivity index (χ3n) is 4.66. The van der Waals surface area contributed by atoms with Crippen LogP contribution in [0.5, 0.6) is 11.5 Å². The van der Waals surface area contributed by atoms with Crippen LogP contribution in [0.1, 0.15) is 22.7 Å². The zero-order valence-corrected chi connectivity index (χ0v) is 17.0. The first-order chi connectivity index (χ1) is 13.4. The minimum Gasteiger partial charge on any atom is -0.493 e. The Balaban J connectivity index is 2.34. The molecule has 0 aliphatic heterocycles. The first-order valence-corrected chi connectivity index (χ1v) is 9.02. The summed E-state index contributed by atoms with van der Waals surface area (Å²) in [5, 5.41) is 4.81. The van der Waals surface area contributed by atoms with Gasteiger partial charge >= 0.3 is 6.03 Å². The van der Waals surface area contributed by atoms with Gasteiger partial charge in [0, 0.05) is 18.2 Å². The van der Waals surface area contributed by atoms with Crippen LogP contribution in [0.4, 0.5) is 4.79 Å². The number of nitrogens with one attached hydrogen (secondary N) is 3. The average molecular weight is 386 g/mol. The van der Waals surface area contributed by atoms with Gasteiger partial charge in [-0.1, -0.05) is 30.3 Å².